The molecule has 0 bridgehead atoms. The average molecular weight is 404 g/mol. The normalized spacial score (nSPS) is 11.1. The lowest BCUT2D eigenvalue weighted by Crippen LogP contribution is -2.40. The van der Waals surface area contributed by atoms with E-state index in [2.05, 4.69) is 39.9 Å². The van der Waals surface area contributed by atoms with Crippen molar-refractivity contribution in [2.45, 2.75) is 59.1 Å². The number of amides is 2. The van der Waals surface area contributed by atoms with Gasteiger partial charge in [0.05, 0.1) is 4.88 Å². The first-order valence-corrected chi connectivity index (χ1v) is 10.3. The highest BCUT2D eigenvalue weighted by atomic mass is 32.1. The first kappa shape index (κ1) is 21.9. The number of hydrogen-bond donors (Lipinski definition) is 2. The van der Waals surface area contributed by atoms with Crippen LogP contribution in [0.25, 0.3) is 10.6 Å². The number of rotatable bonds is 8. The predicted octanol–water partition coefficient (Wildman–Crippen LogP) is 4.29. The number of hydrogen-bond acceptors (Lipinski definition) is 5. The smallest absolute Gasteiger partial charge is 0.407 e. The molecule has 0 saturated heterocycles. The number of ether oxygens (including phenoxy) is 1. The fourth-order valence-electron chi connectivity index (χ4n) is 2.52. The van der Waals surface area contributed by atoms with Gasteiger partial charge in [-0.2, -0.15) is 0 Å². The van der Waals surface area contributed by atoms with Crippen molar-refractivity contribution in [3.63, 3.8) is 0 Å². The van der Waals surface area contributed by atoms with E-state index in [1.807, 2.05) is 20.8 Å². The van der Waals surface area contributed by atoms with Crippen LogP contribution in [0.15, 0.2) is 30.5 Å². The zero-order chi connectivity index (χ0) is 20.6. The summed E-state index contributed by atoms with van der Waals surface area (Å²) in [6, 6.07) is 8.36. The summed E-state index contributed by atoms with van der Waals surface area (Å²) in [6.07, 6.45) is 4.32. The van der Waals surface area contributed by atoms with Gasteiger partial charge in [0.2, 0.25) is 5.91 Å². The van der Waals surface area contributed by atoms with Crippen LogP contribution < -0.4 is 10.6 Å². The number of carbonyl (C=O) groups is 2. The van der Waals surface area contributed by atoms with E-state index in [1.54, 1.807) is 6.20 Å². The summed E-state index contributed by atoms with van der Waals surface area (Å²) in [7, 11) is 0. The van der Waals surface area contributed by atoms with Crippen molar-refractivity contribution < 1.29 is 14.3 Å². The first-order chi connectivity index (χ1) is 13.2. The Morgan fingerprint density at radius 2 is 1.86 bits per heavy atom. The second-order valence-electron chi connectivity index (χ2n) is 7.72. The highest BCUT2D eigenvalue weighted by Gasteiger charge is 2.15. The molecule has 0 unspecified atom stereocenters. The Hall–Kier alpha value is -2.41. The number of nitrogens with one attached hydrogen (secondary N) is 2. The van der Waals surface area contributed by atoms with Gasteiger partial charge in [0, 0.05) is 30.8 Å². The summed E-state index contributed by atoms with van der Waals surface area (Å²) in [5, 5.41) is 6.49. The molecule has 0 radical (unpaired) electrons. The fraction of sp³-hybridized carbons (Fsp3) is 0.476. The van der Waals surface area contributed by atoms with Crippen molar-refractivity contribution in [2.75, 3.05) is 6.54 Å². The van der Waals surface area contributed by atoms with Crippen molar-refractivity contribution in [3.8, 4) is 10.6 Å². The van der Waals surface area contributed by atoms with Crippen LogP contribution in [-0.4, -0.2) is 29.1 Å². The highest BCUT2D eigenvalue weighted by Crippen LogP contribution is 2.26. The summed E-state index contributed by atoms with van der Waals surface area (Å²) in [5.41, 5.74) is 2.00. The maximum absolute atomic E-state index is 11.7. The van der Waals surface area contributed by atoms with Gasteiger partial charge in [-0.3, -0.25) is 4.79 Å². The SMILES string of the molecule is CC(=O)NCCCCc1ccc(-c2ncc(COC(=O)NC(C)(C)C)s2)cc1. The Morgan fingerprint density at radius 3 is 2.50 bits per heavy atom. The molecular weight excluding hydrogens is 374 g/mol. The van der Waals surface area contributed by atoms with E-state index in [-0.39, 0.29) is 18.1 Å². The van der Waals surface area contributed by atoms with E-state index in [0.29, 0.717) is 0 Å². The third kappa shape index (κ3) is 8.08. The zero-order valence-electron chi connectivity index (χ0n) is 17.0. The summed E-state index contributed by atoms with van der Waals surface area (Å²) in [6.45, 7) is 8.20. The number of unbranched alkanes of at least 4 members (excludes halogenated alkanes) is 1. The standard InChI is InChI=1S/C21H29N3O3S/c1-15(25)22-12-6-5-7-16-8-10-17(11-9-16)19-23-13-18(28-19)14-27-20(26)24-21(2,3)4/h8-11,13H,5-7,12,14H2,1-4H3,(H,22,25)(H,24,26). The molecule has 2 aromatic rings. The van der Waals surface area contributed by atoms with Gasteiger partial charge in [-0.15, -0.1) is 11.3 Å². The average Bonchev–Trinajstić information content (AvgIpc) is 3.07. The lowest BCUT2D eigenvalue weighted by molar-refractivity contribution is -0.118. The molecule has 1 aromatic carbocycles. The van der Waals surface area contributed by atoms with Crippen LogP contribution in [-0.2, 0) is 22.6 Å². The van der Waals surface area contributed by atoms with Crippen molar-refractivity contribution in [2.24, 2.45) is 0 Å². The Balaban J connectivity index is 1.81. The quantitative estimate of drug-likeness (QED) is 0.644. The van der Waals surface area contributed by atoms with E-state index >= 15 is 0 Å². The molecular formula is C21H29N3O3S. The largest absolute Gasteiger partial charge is 0.444 e. The maximum Gasteiger partial charge on any atom is 0.407 e. The Bertz CT molecular complexity index is 779. The minimum absolute atomic E-state index is 0.0207. The van der Waals surface area contributed by atoms with Crippen LogP contribution in [0, 0.1) is 0 Å². The second kappa shape index (κ2) is 10.2. The molecule has 6 nitrogen and oxygen atoms in total. The van der Waals surface area contributed by atoms with E-state index in [0.717, 1.165) is 41.3 Å². The summed E-state index contributed by atoms with van der Waals surface area (Å²) in [4.78, 5) is 27.9. The molecule has 1 aromatic heterocycles. The number of aryl methyl sites for hydroxylation is 1. The lowest BCUT2D eigenvalue weighted by atomic mass is 10.1. The van der Waals surface area contributed by atoms with Gasteiger partial charge in [0.15, 0.2) is 0 Å². The molecule has 1 heterocycles. The minimum atomic E-state index is -0.426. The number of alkyl carbamates (subject to hydrolysis) is 1. The topological polar surface area (TPSA) is 80.3 Å². The van der Waals surface area contributed by atoms with Gasteiger partial charge in [-0.25, -0.2) is 9.78 Å². The van der Waals surface area contributed by atoms with Gasteiger partial charge in [-0.1, -0.05) is 24.3 Å². The molecule has 0 atom stereocenters. The molecule has 152 valence electrons. The van der Waals surface area contributed by atoms with E-state index in [9.17, 15) is 9.59 Å². The fourth-order valence-corrected chi connectivity index (χ4v) is 3.35. The van der Waals surface area contributed by atoms with Crippen LogP contribution in [0.3, 0.4) is 0 Å². The van der Waals surface area contributed by atoms with Crippen LogP contribution in [0.5, 0.6) is 0 Å². The molecule has 28 heavy (non-hydrogen) atoms. The Morgan fingerprint density at radius 1 is 1.14 bits per heavy atom. The van der Waals surface area contributed by atoms with Crippen molar-refractivity contribution in [1.29, 1.82) is 0 Å². The zero-order valence-corrected chi connectivity index (χ0v) is 17.8. The summed E-state index contributed by atoms with van der Waals surface area (Å²) in [5.74, 6) is 0.0207. The molecule has 2 amide bonds. The number of benzene rings is 1. The third-order valence-corrected chi connectivity index (χ3v) is 4.86. The van der Waals surface area contributed by atoms with E-state index in [1.165, 1.54) is 23.8 Å². The van der Waals surface area contributed by atoms with Crippen LogP contribution in [0.2, 0.25) is 0 Å². The second-order valence-corrected chi connectivity index (χ2v) is 8.84. The molecule has 0 fully saturated rings. The molecule has 0 aliphatic rings. The van der Waals surface area contributed by atoms with Crippen molar-refractivity contribution in [3.05, 3.63) is 40.9 Å². The van der Waals surface area contributed by atoms with Crippen molar-refractivity contribution in [1.82, 2.24) is 15.6 Å². The third-order valence-electron chi connectivity index (χ3n) is 3.84. The molecule has 7 heteroatoms. The summed E-state index contributed by atoms with van der Waals surface area (Å²) >= 11 is 1.52. The van der Waals surface area contributed by atoms with Gasteiger partial charge in [0.25, 0.3) is 0 Å². The molecule has 0 spiro atoms. The first-order valence-electron chi connectivity index (χ1n) is 9.46. The molecule has 2 rings (SSSR count). The lowest BCUT2D eigenvalue weighted by Gasteiger charge is -2.19. The highest BCUT2D eigenvalue weighted by molar-refractivity contribution is 7.15. The molecule has 2 N–H and O–H groups in total. The van der Waals surface area contributed by atoms with Crippen LogP contribution in [0.1, 0.15) is 51.0 Å². The van der Waals surface area contributed by atoms with E-state index < -0.39 is 6.09 Å². The summed E-state index contributed by atoms with van der Waals surface area (Å²) < 4.78 is 5.25. The number of thiazole rings is 1. The predicted molar refractivity (Wildman–Crippen MR) is 112 cm³/mol. The van der Waals surface area contributed by atoms with Crippen LogP contribution in [0.4, 0.5) is 4.79 Å². The Labute approximate surface area is 170 Å². The van der Waals surface area contributed by atoms with Gasteiger partial charge in [-0.05, 0) is 45.6 Å². The molecule has 0 aliphatic heterocycles. The Kier molecular flexibility index (Phi) is 7.99. The number of carbonyl (C=O) groups excluding carboxylic acids is 2. The number of aromatic nitrogens is 1. The minimum Gasteiger partial charge on any atom is -0.444 e. The van der Waals surface area contributed by atoms with Crippen molar-refractivity contribution >= 4 is 23.3 Å². The van der Waals surface area contributed by atoms with E-state index in [4.69, 9.17) is 4.74 Å². The molecule has 0 aliphatic carbocycles. The maximum atomic E-state index is 11.7. The van der Waals surface area contributed by atoms with Gasteiger partial charge < -0.3 is 15.4 Å². The number of nitrogens with zero attached hydrogens (tertiary/aromatic N) is 1. The van der Waals surface area contributed by atoms with Gasteiger partial charge in [0.1, 0.15) is 11.6 Å². The van der Waals surface area contributed by atoms with Crippen LogP contribution >= 0.6 is 11.3 Å². The van der Waals surface area contributed by atoms with Gasteiger partial charge >= 0.3 is 6.09 Å². The monoisotopic (exact) mass is 403 g/mol. The molecule has 0 saturated carbocycles.